The Bertz CT molecular complexity index is 1250. The van der Waals surface area contributed by atoms with Crippen molar-refractivity contribution in [3.8, 4) is 17.1 Å². The summed E-state index contributed by atoms with van der Waals surface area (Å²) < 4.78 is 1.95. The maximum absolute atomic E-state index is 12.7. The van der Waals surface area contributed by atoms with Gasteiger partial charge in [0.2, 0.25) is 5.91 Å². The van der Waals surface area contributed by atoms with Gasteiger partial charge in [0, 0.05) is 22.0 Å². The number of nitrogens with zero attached hydrogens (tertiary/aromatic N) is 3. The first-order valence-corrected chi connectivity index (χ1v) is 11.6. The van der Waals surface area contributed by atoms with E-state index in [-0.39, 0.29) is 11.7 Å². The highest BCUT2D eigenvalue weighted by molar-refractivity contribution is 7.99. The molecule has 0 bridgehead atoms. The van der Waals surface area contributed by atoms with Crippen molar-refractivity contribution >= 4 is 35.0 Å². The molecule has 7 heteroatoms. The highest BCUT2D eigenvalue weighted by Gasteiger charge is 2.18. The number of rotatable bonds is 6. The van der Waals surface area contributed by atoms with E-state index in [0.717, 1.165) is 28.1 Å². The minimum atomic E-state index is -0.0861. The maximum Gasteiger partial charge on any atom is 0.234 e. The van der Waals surface area contributed by atoms with Gasteiger partial charge >= 0.3 is 0 Å². The van der Waals surface area contributed by atoms with Crippen molar-refractivity contribution in [3.63, 3.8) is 0 Å². The van der Waals surface area contributed by atoms with Crippen LogP contribution in [0.4, 0.5) is 5.69 Å². The minimum absolute atomic E-state index is 0.0861. The number of carbonyl (C=O) groups excluding carboxylic acids is 1. The van der Waals surface area contributed by atoms with Gasteiger partial charge in [-0.15, -0.1) is 10.2 Å². The van der Waals surface area contributed by atoms with Crippen molar-refractivity contribution in [1.29, 1.82) is 0 Å². The largest absolute Gasteiger partial charge is 0.325 e. The summed E-state index contributed by atoms with van der Waals surface area (Å²) >= 11 is 7.55. The number of amides is 1. The normalized spacial score (nSPS) is 10.9. The third kappa shape index (κ3) is 4.87. The second kappa shape index (κ2) is 9.59. The second-order valence-electron chi connectivity index (χ2n) is 7.60. The molecule has 0 aliphatic heterocycles. The molecule has 0 saturated heterocycles. The van der Waals surface area contributed by atoms with Gasteiger partial charge in [0.1, 0.15) is 0 Å². The van der Waals surface area contributed by atoms with Gasteiger partial charge in [0.05, 0.1) is 5.75 Å². The van der Waals surface area contributed by atoms with Crippen LogP contribution in [0.5, 0.6) is 0 Å². The molecule has 5 nitrogen and oxygen atoms in total. The molecule has 0 spiro atoms. The summed E-state index contributed by atoms with van der Waals surface area (Å²) in [4.78, 5) is 12.7. The zero-order valence-corrected chi connectivity index (χ0v) is 19.7. The quantitative estimate of drug-likeness (QED) is 0.344. The molecule has 1 N–H and O–H groups in total. The molecular weight excluding hydrogens is 440 g/mol. The molecule has 162 valence electrons. The van der Waals surface area contributed by atoms with E-state index in [1.165, 1.54) is 17.3 Å². The van der Waals surface area contributed by atoms with Crippen LogP contribution in [0.25, 0.3) is 17.1 Å². The van der Waals surface area contributed by atoms with Crippen LogP contribution in [-0.4, -0.2) is 26.4 Å². The topological polar surface area (TPSA) is 59.8 Å². The molecular formula is C25H23ClN4OS. The summed E-state index contributed by atoms with van der Waals surface area (Å²) in [5.41, 5.74) is 5.92. The zero-order chi connectivity index (χ0) is 22.7. The van der Waals surface area contributed by atoms with Gasteiger partial charge in [-0.1, -0.05) is 71.4 Å². The Labute approximate surface area is 196 Å². The lowest BCUT2D eigenvalue weighted by molar-refractivity contribution is -0.113. The van der Waals surface area contributed by atoms with E-state index in [0.29, 0.717) is 16.0 Å². The summed E-state index contributed by atoms with van der Waals surface area (Å²) in [5.74, 6) is 0.802. The standard InChI is InChI=1S/C25H23ClN4OS/c1-16-12-17(2)23(18(3)13-16)27-22(31)15-32-25-29-28-24(19-8-7-9-20(26)14-19)30(25)21-10-5-4-6-11-21/h4-14H,15H2,1-3H3,(H,27,31). The van der Waals surface area contributed by atoms with E-state index >= 15 is 0 Å². The molecule has 0 saturated carbocycles. The fourth-order valence-electron chi connectivity index (χ4n) is 3.67. The first-order chi connectivity index (χ1) is 15.4. The highest BCUT2D eigenvalue weighted by Crippen LogP contribution is 2.29. The van der Waals surface area contributed by atoms with Crippen LogP contribution in [0, 0.1) is 20.8 Å². The number of thioether (sulfide) groups is 1. The van der Waals surface area contributed by atoms with Crippen molar-refractivity contribution < 1.29 is 4.79 Å². The molecule has 0 unspecified atom stereocenters. The summed E-state index contributed by atoms with van der Waals surface area (Å²) in [6, 6.07) is 21.5. The van der Waals surface area contributed by atoms with Gasteiger partial charge in [0.25, 0.3) is 0 Å². The number of para-hydroxylation sites is 1. The van der Waals surface area contributed by atoms with Gasteiger partial charge in [-0.05, 0) is 56.2 Å². The lowest BCUT2D eigenvalue weighted by Crippen LogP contribution is -2.16. The molecule has 32 heavy (non-hydrogen) atoms. The van der Waals surface area contributed by atoms with Gasteiger partial charge in [0.15, 0.2) is 11.0 Å². The Hall–Kier alpha value is -3.09. The molecule has 0 radical (unpaired) electrons. The van der Waals surface area contributed by atoms with E-state index < -0.39 is 0 Å². The van der Waals surface area contributed by atoms with Crippen molar-refractivity contribution in [1.82, 2.24) is 14.8 Å². The molecule has 0 atom stereocenters. The molecule has 1 aromatic heterocycles. The molecule has 0 fully saturated rings. The van der Waals surface area contributed by atoms with E-state index in [2.05, 4.69) is 34.6 Å². The van der Waals surface area contributed by atoms with Crippen LogP contribution in [0.1, 0.15) is 16.7 Å². The minimum Gasteiger partial charge on any atom is -0.325 e. The number of nitrogens with one attached hydrogen (secondary N) is 1. The number of benzene rings is 3. The average molecular weight is 463 g/mol. The van der Waals surface area contributed by atoms with E-state index in [4.69, 9.17) is 11.6 Å². The van der Waals surface area contributed by atoms with Crippen molar-refractivity contribution in [2.24, 2.45) is 0 Å². The summed E-state index contributed by atoms with van der Waals surface area (Å²) in [6.45, 7) is 6.06. The summed E-state index contributed by atoms with van der Waals surface area (Å²) in [6.07, 6.45) is 0. The SMILES string of the molecule is Cc1cc(C)c(NC(=O)CSc2nnc(-c3cccc(Cl)c3)n2-c2ccccc2)c(C)c1. The monoisotopic (exact) mass is 462 g/mol. The predicted octanol–water partition coefficient (Wildman–Crippen LogP) is 6.24. The summed E-state index contributed by atoms with van der Waals surface area (Å²) in [7, 11) is 0. The van der Waals surface area contributed by atoms with Gasteiger partial charge < -0.3 is 5.32 Å². The number of carbonyl (C=O) groups is 1. The fourth-order valence-corrected chi connectivity index (χ4v) is 4.61. The molecule has 0 aliphatic rings. The number of anilines is 1. The van der Waals surface area contributed by atoms with E-state index in [1.807, 2.05) is 73.0 Å². The van der Waals surface area contributed by atoms with Gasteiger partial charge in [-0.3, -0.25) is 9.36 Å². The van der Waals surface area contributed by atoms with Gasteiger partial charge in [-0.2, -0.15) is 0 Å². The molecule has 1 amide bonds. The first-order valence-electron chi connectivity index (χ1n) is 10.2. The fraction of sp³-hybridized carbons (Fsp3) is 0.160. The Kier molecular flexibility index (Phi) is 6.63. The van der Waals surface area contributed by atoms with Crippen molar-refractivity contribution in [2.45, 2.75) is 25.9 Å². The van der Waals surface area contributed by atoms with Crippen LogP contribution >= 0.6 is 23.4 Å². The lowest BCUT2D eigenvalue weighted by atomic mass is 10.1. The third-order valence-corrected chi connectivity index (χ3v) is 6.17. The number of aryl methyl sites for hydroxylation is 3. The van der Waals surface area contributed by atoms with Crippen molar-refractivity contribution in [3.05, 3.63) is 88.4 Å². The zero-order valence-electron chi connectivity index (χ0n) is 18.1. The van der Waals surface area contributed by atoms with Crippen LogP contribution in [0.2, 0.25) is 5.02 Å². The smallest absolute Gasteiger partial charge is 0.234 e. The molecule has 0 aliphatic carbocycles. The number of hydrogen-bond donors (Lipinski definition) is 1. The Balaban J connectivity index is 1.60. The predicted molar refractivity (Wildman–Crippen MR) is 132 cm³/mol. The lowest BCUT2D eigenvalue weighted by Gasteiger charge is -2.13. The summed E-state index contributed by atoms with van der Waals surface area (Å²) in [5, 5.41) is 13.1. The maximum atomic E-state index is 12.7. The van der Waals surface area contributed by atoms with E-state index in [9.17, 15) is 4.79 Å². The molecule has 4 rings (SSSR count). The van der Waals surface area contributed by atoms with Crippen LogP contribution in [0.15, 0.2) is 71.9 Å². The Morgan fingerprint density at radius 1 is 0.969 bits per heavy atom. The highest BCUT2D eigenvalue weighted by atomic mass is 35.5. The Morgan fingerprint density at radius 3 is 2.38 bits per heavy atom. The van der Waals surface area contributed by atoms with E-state index in [1.54, 1.807) is 0 Å². The van der Waals surface area contributed by atoms with Crippen LogP contribution < -0.4 is 5.32 Å². The van der Waals surface area contributed by atoms with Gasteiger partial charge in [-0.25, -0.2) is 0 Å². The van der Waals surface area contributed by atoms with Crippen molar-refractivity contribution in [2.75, 3.05) is 11.1 Å². The van der Waals surface area contributed by atoms with Crippen LogP contribution in [0.3, 0.4) is 0 Å². The van der Waals surface area contributed by atoms with Crippen LogP contribution in [-0.2, 0) is 4.79 Å². The first kappa shape index (κ1) is 22.1. The number of hydrogen-bond acceptors (Lipinski definition) is 4. The second-order valence-corrected chi connectivity index (χ2v) is 8.98. The number of halogens is 1. The average Bonchev–Trinajstić information content (AvgIpc) is 3.19. The Morgan fingerprint density at radius 2 is 1.69 bits per heavy atom. The molecule has 4 aromatic rings. The molecule has 3 aromatic carbocycles. The number of aromatic nitrogens is 3. The third-order valence-electron chi connectivity index (χ3n) is 5.00. The molecule has 1 heterocycles.